The lowest BCUT2D eigenvalue weighted by atomic mass is 10.2. The maximum atomic E-state index is 13.9. The van der Waals surface area contributed by atoms with Gasteiger partial charge in [-0.05, 0) is 18.2 Å². The second kappa shape index (κ2) is 8.43. The molecule has 0 saturated carbocycles. The van der Waals surface area contributed by atoms with E-state index in [0.717, 1.165) is 19.2 Å². The highest BCUT2D eigenvalue weighted by Gasteiger charge is 2.20. The minimum Gasteiger partial charge on any atom is -0.395 e. The van der Waals surface area contributed by atoms with Gasteiger partial charge in [0.25, 0.3) is 5.91 Å². The zero-order valence-corrected chi connectivity index (χ0v) is 13.1. The molecule has 0 bridgehead atoms. The van der Waals surface area contributed by atoms with Crippen LogP contribution in [0.1, 0.15) is 10.4 Å². The van der Waals surface area contributed by atoms with E-state index in [1.54, 1.807) is 0 Å². The van der Waals surface area contributed by atoms with Gasteiger partial charge in [-0.2, -0.15) is 0 Å². The molecule has 1 aromatic carbocycles. The van der Waals surface area contributed by atoms with Crippen LogP contribution in [0.15, 0.2) is 18.2 Å². The maximum Gasteiger partial charge on any atom is 0.256 e. The summed E-state index contributed by atoms with van der Waals surface area (Å²) < 4.78 is 19.1. The standard InChI is InChI=1S/C15H20ClFN2O3/c16-12-1-2-13(14(17)11-12)15(21)19(5-8-20)4-3-18-6-9-22-10-7-18/h1-2,11,20H,3-10H2. The van der Waals surface area contributed by atoms with Crippen molar-refractivity contribution < 1.29 is 19.0 Å². The molecule has 1 N–H and O–H groups in total. The van der Waals surface area contributed by atoms with Gasteiger partial charge in [-0.3, -0.25) is 9.69 Å². The van der Waals surface area contributed by atoms with E-state index in [0.29, 0.717) is 26.3 Å². The molecule has 0 spiro atoms. The summed E-state index contributed by atoms with van der Waals surface area (Å²) in [5.74, 6) is -1.08. The summed E-state index contributed by atoms with van der Waals surface area (Å²) in [6.45, 7) is 4.10. The smallest absolute Gasteiger partial charge is 0.256 e. The molecule has 22 heavy (non-hydrogen) atoms. The predicted molar refractivity (Wildman–Crippen MR) is 81.7 cm³/mol. The molecule has 0 aliphatic carbocycles. The SMILES string of the molecule is O=C(c1ccc(Cl)cc1F)N(CCO)CCN1CCOCC1. The Morgan fingerprint density at radius 2 is 2.09 bits per heavy atom. The number of carbonyl (C=O) groups excluding carboxylic acids is 1. The Morgan fingerprint density at radius 1 is 1.36 bits per heavy atom. The summed E-state index contributed by atoms with van der Waals surface area (Å²) in [5.41, 5.74) is -0.0279. The fraction of sp³-hybridized carbons (Fsp3) is 0.533. The molecule has 1 aromatic rings. The van der Waals surface area contributed by atoms with Crippen molar-refractivity contribution in [2.75, 3.05) is 52.5 Å². The second-order valence-corrected chi connectivity index (χ2v) is 5.53. The molecule has 1 saturated heterocycles. The summed E-state index contributed by atoms with van der Waals surface area (Å²) >= 11 is 5.70. The van der Waals surface area contributed by atoms with Crippen molar-refractivity contribution >= 4 is 17.5 Å². The summed E-state index contributed by atoms with van der Waals surface area (Å²) in [7, 11) is 0. The Balaban J connectivity index is 2.00. The number of ether oxygens (including phenoxy) is 1. The third-order valence-electron chi connectivity index (χ3n) is 3.61. The number of rotatable bonds is 6. The number of nitrogens with zero attached hydrogens (tertiary/aromatic N) is 2. The third kappa shape index (κ3) is 4.64. The number of aliphatic hydroxyl groups excluding tert-OH is 1. The maximum absolute atomic E-state index is 13.9. The molecule has 5 nitrogen and oxygen atoms in total. The van der Waals surface area contributed by atoms with E-state index < -0.39 is 11.7 Å². The average Bonchev–Trinajstić information content (AvgIpc) is 2.52. The van der Waals surface area contributed by atoms with Crippen molar-refractivity contribution in [2.45, 2.75) is 0 Å². The number of carbonyl (C=O) groups is 1. The van der Waals surface area contributed by atoms with E-state index in [1.165, 1.54) is 17.0 Å². The first-order valence-corrected chi connectivity index (χ1v) is 7.65. The molecule has 0 radical (unpaired) electrons. The molecule has 122 valence electrons. The van der Waals surface area contributed by atoms with Crippen molar-refractivity contribution in [1.82, 2.24) is 9.80 Å². The van der Waals surface area contributed by atoms with E-state index >= 15 is 0 Å². The zero-order valence-electron chi connectivity index (χ0n) is 12.3. The number of morpholine rings is 1. The lowest BCUT2D eigenvalue weighted by molar-refractivity contribution is 0.0315. The van der Waals surface area contributed by atoms with Gasteiger partial charge in [-0.25, -0.2) is 4.39 Å². The normalized spacial score (nSPS) is 15.8. The molecular weight excluding hydrogens is 311 g/mol. The predicted octanol–water partition coefficient (Wildman–Crippen LogP) is 1.25. The van der Waals surface area contributed by atoms with E-state index in [4.69, 9.17) is 21.4 Å². The molecule has 1 aliphatic heterocycles. The Bertz CT molecular complexity index is 510. The van der Waals surface area contributed by atoms with Crippen LogP contribution in [0, 0.1) is 5.82 Å². The summed E-state index contributed by atoms with van der Waals surface area (Å²) in [6, 6.07) is 3.98. The second-order valence-electron chi connectivity index (χ2n) is 5.09. The van der Waals surface area contributed by atoms with Crippen LogP contribution >= 0.6 is 11.6 Å². The largest absolute Gasteiger partial charge is 0.395 e. The number of aliphatic hydroxyl groups is 1. The van der Waals surface area contributed by atoms with E-state index in [-0.39, 0.29) is 23.7 Å². The molecule has 1 amide bonds. The van der Waals surface area contributed by atoms with Gasteiger partial charge in [0.2, 0.25) is 0 Å². The Labute approximate surface area is 134 Å². The summed E-state index contributed by atoms with van der Waals surface area (Å²) in [5, 5.41) is 9.39. The first-order valence-electron chi connectivity index (χ1n) is 7.27. The van der Waals surface area contributed by atoms with E-state index in [1.807, 2.05) is 0 Å². The number of amides is 1. The molecule has 0 aromatic heterocycles. The fourth-order valence-corrected chi connectivity index (χ4v) is 2.51. The van der Waals surface area contributed by atoms with Crippen LogP contribution in [0.3, 0.4) is 0 Å². The molecule has 2 rings (SSSR count). The van der Waals surface area contributed by atoms with Crippen LogP contribution < -0.4 is 0 Å². The average molecular weight is 331 g/mol. The van der Waals surface area contributed by atoms with Crippen LogP contribution in [-0.4, -0.2) is 73.4 Å². The highest BCUT2D eigenvalue weighted by Crippen LogP contribution is 2.16. The van der Waals surface area contributed by atoms with Crippen molar-refractivity contribution in [3.8, 4) is 0 Å². The molecule has 0 atom stereocenters. The van der Waals surface area contributed by atoms with Gasteiger partial charge in [0.15, 0.2) is 0 Å². The molecule has 7 heteroatoms. The minimum absolute atomic E-state index is 0.0279. The Kier molecular flexibility index (Phi) is 6.57. The quantitative estimate of drug-likeness (QED) is 0.853. The topological polar surface area (TPSA) is 53.0 Å². The molecule has 1 aliphatic rings. The van der Waals surface area contributed by atoms with Gasteiger partial charge in [0.1, 0.15) is 5.82 Å². The summed E-state index contributed by atoms with van der Waals surface area (Å²) in [4.78, 5) is 16.1. The molecule has 0 unspecified atom stereocenters. The van der Waals surface area contributed by atoms with Crippen molar-refractivity contribution in [2.24, 2.45) is 0 Å². The first kappa shape index (κ1) is 17.1. The number of hydrogen-bond donors (Lipinski definition) is 1. The zero-order chi connectivity index (χ0) is 15.9. The van der Waals surface area contributed by atoms with Crippen LogP contribution in [0.5, 0.6) is 0 Å². The Morgan fingerprint density at radius 3 is 2.73 bits per heavy atom. The van der Waals surface area contributed by atoms with Crippen molar-refractivity contribution in [3.63, 3.8) is 0 Å². The van der Waals surface area contributed by atoms with Gasteiger partial charge in [-0.1, -0.05) is 11.6 Å². The number of hydrogen-bond acceptors (Lipinski definition) is 4. The monoisotopic (exact) mass is 330 g/mol. The first-order chi connectivity index (χ1) is 10.6. The highest BCUT2D eigenvalue weighted by atomic mass is 35.5. The van der Waals surface area contributed by atoms with Gasteiger partial charge in [-0.15, -0.1) is 0 Å². The molecule has 1 fully saturated rings. The van der Waals surface area contributed by atoms with Gasteiger partial charge in [0.05, 0.1) is 25.4 Å². The van der Waals surface area contributed by atoms with Crippen molar-refractivity contribution in [1.29, 1.82) is 0 Å². The number of halogens is 2. The highest BCUT2D eigenvalue weighted by molar-refractivity contribution is 6.30. The minimum atomic E-state index is -0.646. The summed E-state index contributed by atoms with van der Waals surface area (Å²) in [6.07, 6.45) is 0. The molecule has 1 heterocycles. The number of benzene rings is 1. The van der Waals surface area contributed by atoms with Gasteiger partial charge >= 0.3 is 0 Å². The lowest BCUT2D eigenvalue weighted by Crippen LogP contribution is -2.44. The van der Waals surface area contributed by atoms with Gasteiger partial charge < -0.3 is 14.7 Å². The van der Waals surface area contributed by atoms with E-state index in [2.05, 4.69) is 4.90 Å². The van der Waals surface area contributed by atoms with E-state index in [9.17, 15) is 9.18 Å². The van der Waals surface area contributed by atoms with Crippen molar-refractivity contribution in [3.05, 3.63) is 34.6 Å². The third-order valence-corrected chi connectivity index (χ3v) is 3.84. The van der Waals surface area contributed by atoms with Crippen LogP contribution in [0.4, 0.5) is 4.39 Å². The fourth-order valence-electron chi connectivity index (χ4n) is 2.36. The van der Waals surface area contributed by atoms with Crippen LogP contribution in [0.25, 0.3) is 0 Å². The van der Waals surface area contributed by atoms with Gasteiger partial charge in [0, 0.05) is 37.7 Å². The van der Waals surface area contributed by atoms with Crippen LogP contribution in [-0.2, 0) is 4.74 Å². The Hall–Kier alpha value is -1.21. The van der Waals surface area contributed by atoms with Crippen LogP contribution in [0.2, 0.25) is 5.02 Å². The lowest BCUT2D eigenvalue weighted by Gasteiger charge is -2.30. The molecular formula is C15H20ClFN2O3.